The summed E-state index contributed by atoms with van der Waals surface area (Å²) in [6.07, 6.45) is 5.86. The van der Waals surface area contributed by atoms with Gasteiger partial charge in [0.15, 0.2) is 5.76 Å². The fourth-order valence-electron chi connectivity index (χ4n) is 4.73. The number of para-hydroxylation sites is 1. The molecule has 1 fully saturated rings. The van der Waals surface area contributed by atoms with Crippen molar-refractivity contribution in [1.82, 2.24) is 15.1 Å². The van der Waals surface area contributed by atoms with Crippen molar-refractivity contribution in [3.63, 3.8) is 0 Å². The van der Waals surface area contributed by atoms with Gasteiger partial charge in [0.2, 0.25) is 0 Å². The van der Waals surface area contributed by atoms with Crippen LogP contribution in [0.2, 0.25) is 0 Å². The molecule has 2 aromatic carbocycles. The van der Waals surface area contributed by atoms with Gasteiger partial charge in [0, 0.05) is 62.9 Å². The monoisotopic (exact) mass is 512 g/mol. The Balaban J connectivity index is 1.29. The van der Waals surface area contributed by atoms with Crippen LogP contribution in [0.25, 0.3) is 0 Å². The fourth-order valence-corrected chi connectivity index (χ4v) is 4.73. The van der Waals surface area contributed by atoms with Gasteiger partial charge in [-0.3, -0.25) is 14.3 Å². The van der Waals surface area contributed by atoms with E-state index in [0.717, 1.165) is 44.8 Å². The molecule has 38 heavy (non-hydrogen) atoms. The summed E-state index contributed by atoms with van der Waals surface area (Å²) in [4.78, 5) is 30.4. The number of hydrogen-bond acceptors (Lipinski definition) is 6. The first kappa shape index (κ1) is 25.1. The molecular formula is C29H32N6O3. The minimum absolute atomic E-state index is 0.185. The van der Waals surface area contributed by atoms with E-state index < -0.39 is 0 Å². The normalized spacial score (nSPS) is 13.4. The number of aromatic nitrogens is 2. The molecule has 9 heteroatoms. The van der Waals surface area contributed by atoms with E-state index in [1.807, 2.05) is 29.1 Å². The summed E-state index contributed by atoms with van der Waals surface area (Å²) in [5.41, 5.74) is 4.45. The van der Waals surface area contributed by atoms with Crippen LogP contribution in [-0.4, -0.2) is 54.3 Å². The smallest absolute Gasteiger partial charge is 0.291 e. The number of furan rings is 1. The minimum atomic E-state index is -0.355. The van der Waals surface area contributed by atoms with E-state index in [2.05, 4.69) is 56.7 Å². The van der Waals surface area contributed by atoms with Crippen LogP contribution in [0.3, 0.4) is 0 Å². The van der Waals surface area contributed by atoms with Crippen molar-refractivity contribution in [2.75, 3.05) is 47.8 Å². The van der Waals surface area contributed by atoms with Crippen LogP contribution < -0.4 is 20.4 Å². The van der Waals surface area contributed by atoms with Crippen molar-refractivity contribution < 1.29 is 14.0 Å². The van der Waals surface area contributed by atoms with Gasteiger partial charge in [0.1, 0.15) is 0 Å². The summed E-state index contributed by atoms with van der Waals surface area (Å²) in [7, 11) is 0. The largest absolute Gasteiger partial charge is 0.459 e. The zero-order chi connectivity index (χ0) is 26.3. The van der Waals surface area contributed by atoms with Crippen molar-refractivity contribution in [2.24, 2.45) is 0 Å². The molecule has 0 radical (unpaired) electrons. The van der Waals surface area contributed by atoms with E-state index in [4.69, 9.17) is 4.42 Å². The lowest BCUT2D eigenvalue weighted by molar-refractivity contribution is 0.0950. The first-order valence-corrected chi connectivity index (χ1v) is 12.9. The van der Waals surface area contributed by atoms with Crippen LogP contribution in [0.1, 0.15) is 32.9 Å². The summed E-state index contributed by atoms with van der Waals surface area (Å²) in [6, 6.07) is 19.0. The SMILES string of the molecule is Cc1ccccc1N1CCN(c2ccc(C(=O)NCCCn3cccn3)cc2NC(=O)c2ccco2)CC1. The van der Waals surface area contributed by atoms with Gasteiger partial charge in [-0.05, 0) is 61.4 Å². The van der Waals surface area contributed by atoms with Gasteiger partial charge < -0.3 is 24.9 Å². The Labute approximate surface area is 222 Å². The Morgan fingerprint density at radius 3 is 2.42 bits per heavy atom. The van der Waals surface area contributed by atoms with Crippen LogP contribution in [0.4, 0.5) is 17.1 Å². The van der Waals surface area contributed by atoms with Gasteiger partial charge >= 0.3 is 0 Å². The van der Waals surface area contributed by atoms with Crippen LogP contribution in [0, 0.1) is 6.92 Å². The maximum atomic E-state index is 12.9. The number of benzene rings is 2. The van der Waals surface area contributed by atoms with Crippen molar-refractivity contribution in [1.29, 1.82) is 0 Å². The second-order valence-electron chi connectivity index (χ2n) is 9.30. The van der Waals surface area contributed by atoms with E-state index in [9.17, 15) is 9.59 Å². The molecule has 1 aliphatic rings. The lowest BCUT2D eigenvalue weighted by Gasteiger charge is -2.38. The Morgan fingerprint density at radius 2 is 1.71 bits per heavy atom. The Kier molecular flexibility index (Phi) is 7.73. The van der Waals surface area contributed by atoms with E-state index in [1.165, 1.54) is 17.5 Å². The first-order chi connectivity index (χ1) is 18.6. The molecule has 0 saturated carbocycles. The molecular weight excluding hydrogens is 480 g/mol. The van der Waals surface area contributed by atoms with E-state index >= 15 is 0 Å². The first-order valence-electron chi connectivity index (χ1n) is 12.9. The van der Waals surface area contributed by atoms with Crippen molar-refractivity contribution >= 4 is 28.9 Å². The summed E-state index contributed by atoms with van der Waals surface area (Å²) < 4.78 is 7.12. The molecule has 4 aromatic rings. The average Bonchev–Trinajstić information content (AvgIpc) is 3.67. The van der Waals surface area contributed by atoms with E-state index in [1.54, 1.807) is 24.4 Å². The molecule has 1 aliphatic heterocycles. The Morgan fingerprint density at radius 1 is 0.921 bits per heavy atom. The average molecular weight is 513 g/mol. The Bertz CT molecular complexity index is 1360. The van der Waals surface area contributed by atoms with Gasteiger partial charge in [0.05, 0.1) is 17.6 Å². The number of piperazine rings is 1. The van der Waals surface area contributed by atoms with Crippen LogP contribution in [0.15, 0.2) is 83.7 Å². The van der Waals surface area contributed by atoms with Crippen molar-refractivity contribution in [3.05, 3.63) is 96.2 Å². The van der Waals surface area contributed by atoms with E-state index in [0.29, 0.717) is 17.8 Å². The van der Waals surface area contributed by atoms with Crippen LogP contribution in [-0.2, 0) is 6.54 Å². The lowest BCUT2D eigenvalue weighted by Crippen LogP contribution is -2.47. The second-order valence-corrected chi connectivity index (χ2v) is 9.30. The number of aryl methyl sites for hydroxylation is 2. The third-order valence-electron chi connectivity index (χ3n) is 6.74. The highest BCUT2D eigenvalue weighted by Crippen LogP contribution is 2.30. The number of amides is 2. The zero-order valence-corrected chi connectivity index (χ0v) is 21.5. The highest BCUT2D eigenvalue weighted by atomic mass is 16.3. The topological polar surface area (TPSA) is 95.6 Å². The number of nitrogens with zero attached hydrogens (tertiary/aromatic N) is 4. The summed E-state index contributed by atoms with van der Waals surface area (Å²) >= 11 is 0. The quantitative estimate of drug-likeness (QED) is 0.327. The molecule has 0 bridgehead atoms. The summed E-state index contributed by atoms with van der Waals surface area (Å²) in [5, 5.41) is 10.1. The van der Waals surface area contributed by atoms with Crippen molar-refractivity contribution in [3.8, 4) is 0 Å². The van der Waals surface area contributed by atoms with Crippen LogP contribution in [0.5, 0.6) is 0 Å². The van der Waals surface area contributed by atoms with Gasteiger partial charge in [-0.1, -0.05) is 18.2 Å². The maximum Gasteiger partial charge on any atom is 0.291 e. The Hall–Kier alpha value is -4.53. The van der Waals surface area contributed by atoms with Gasteiger partial charge in [-0.2, -0.15) is 5.10 Å². The zero-order valence-electron chi connectivity index (χ0n) is 21.5. The summed E-state index contributed by atoms with van der Waals surface area (Å²) in [6.45, 7) is 6.67. The lowest BCUT2D eigenvalue weighted by atomic mass is 10.1. The van der Waals surface area contributed by atoms with Crippen molar-refractivity contribution in [2.45, 2.75) is 19.9 Å². The molecule has 3 heterocycles. The predicted molar refractivity (Wildman–Crippen MR) is 148 cm³/mol. The molecule has 0 atom stereocenters. The van der Waals surface area contributed by atoms with Gasteiger partial charge in [-0.25, -0.2) is 0 Å². The summed E-state index contributed by atoms with van der Waals surface area (Å²) in [5.74, 6) is -0.324. The van der Waals surface area contributed by atoms with Gasteiger partial charge in [-0.15, -0.1) is 0 Å². The molecule has 9 nitrogen and oxygen atoms in total. The molecule has 2 amide bonds. The number of carbonyl (C=O) groups excluding carboxylic acids is 2. The molecule has 0 unspecified atom stereocenters. The van der Waals surface area contributed by atoms with Crippen LogP contribution >= 0.6 is 0 Å². The molecule has 0 spiro atoms. The molecule has 196 valence electrons. The highest BCUT2D eigenvalue weighted by Gasteiger charge is 2.23. The molecule has 0 aliphatic carbocycles. The highest BCUT2D eigenvalue weighted by molar-refractivity contribution is 6.05. The fraction of sp³-hybridized carbons (Fsp3) is 0.276. The number of rotatable bonds is 9. The number of hydrogen-bond donors (Lipinski definition) is 2. The van der Waals surface area contributed by atoms with E-state index in [-0.39, 0.29) is 17.6 Å². The molecule has 2 aromatic heterocycles. The number of anilines is 3. The molecule has 5 rings (SSSR count). The standard InChI is InChI=1S/C29H32N6O3/c1-22-7-2-3-8-25(22)33-16-18-34(19-17-33)26-11-10-23(21-24(26)32-29(37)27-9-4-20-38-27)28(36)30-12-5-14-35-15-6-13-31-35/h2-4,6-11,13,15,20-21H,5,12,14,16-19H2,1H3,(H,30,36)(H,32,37). The maximum absolute atomic E-state index is 12.9. The van der Waals surface area contributed by atoms with Gasteiger partial charge in [0.25, 0.3) is 11.8 Å². The molecule has 1 saturated heterocycles. The second kappa shape index (κ2) is 11.7. The number of nitrogens with one attached hydrogen (secondary N) is 2. The minimum Gasteiger partial charge on any atom is -0.459 e. The predicted octanol–water partition coefficient (Wildman–Crippen LogP) is 4.18. The third-order valence-corrected chi connectivity index (χ3v) is 6.74. The molecule has 2 N–H and O–H groups in total. The third kappa shape index (κ3) is 5.88. The number of carbonyl (C=O) groups is 2.